The quantitative estimate of drug-likeness (QED) is 0.910. The van der Waals surface area contributed by atoms with Crippen molar-refractivity contribution in [2.45, 2.75) is 5.92 Å². The Balaban J connectivity index is 0.00000176. The molecule has 5 heteroatoms. The largest absolute Gasteiger partial charge is 0.465 e. The van der Waals surface area contributed by atoms with Crippen LogP contribution in [0.3, 0.4) is 0 Å². The lowest BCUT2D eigenvalue weighted by atomic mass is 9.96. The van der Waals surface area contributed by atoms with Gasteiger partial charge >= 0.3 is 6.09 Å². The Morgan fingerprint density at radius 3 is 2.00 bits per heavy atom. The van der Waals surface area contributed by atoms with Gasteiger partial charge in [0.1, 0.15) is 0 Å². The fourth-order valence-corrected chi connectivity index (χ4v) is 3.10. The topological polar surface area (TPSA) is 66.6 Å². The van der Waals surface area contributed by atoms with Gasteiger partial charge in [0, 0.05) is 25.6 Å². The second-order valence-corrected chi connectivity index (χ2v) is 5.24. The molecule has 0 unspecified atom stereocenters. The molecule has 4 nitrogen and oxygen atoms in total. The second kappa shape index (κ2) is 6.81. The molecule has 0 spiro atoms. The van der Waals surface area contributed by atoms with Crippen LogP contribution >= 0.6 is 12.4 Å². The van der Waals surface area contributed by atoms with Crippen molar-refractivity contribution in [2.24, 2.45) is 5.73 Å². The van der Waals surface area contributed by atoms with Crippen LogP contribution in [-0.2, 0) is 0 Å². The maximum absolute atomic E-state index is 11.4. The molecule has 22 heavy (non-hydrogen) atoms. The second-order valence-electron chi connectivity index (χ2n) is 5.24. The van der Waals surface area contributed by atoms with E-state index in [0.717, 1.165) is 0 Å². The lowest BCUT2D eigenvalue weighted by molar-refractivity contribution is 0.145. The van der Waals surface area contributed by atoms with Crippen LogP contribution in [0.15, 0.2) is 48.5 Å². The van der Waals surface area contributed by atoms with Crippen molar-refractivity contribution in [3.8, 4) is 11.1 Å². The minimum Gasteiger partial charge on any atom is -0.465 e. The number of carboxylic acid groups (broad SMARTS) is 1. The van der Waals surface area contributed by atoms with E-state index in [9.17, 15) is 9.90 Å². The van der Waals surface area contributed by atoms with Crippen molar-refractivity contribution in [2.75, 3.05) is 19.6 Å². The monoisotopic (exact) mass is 318 g/mol. The summed E-state index contributed by atoms with van der Waals surface area (Å²) >= 11 is 0. The number of nitrogens with zero attached hydrogens (tertiary/aromatic N) is 1. The van der Waals surface area contributed by atoms with E-state index < -0.39 is 6.09 Å². The van der Waals surface area contributed by atoms with Gasteiger partial charge in [0.15, 0.2) is 0 Å². The average Bonchev–Trinajstić information content (AvgIpc) is 2.81. The Labute approximate surface area is 136 Å². The summed E-state index contributed by atoms with van der Waals surface area (Å²) in [5.41, 5.74) is 10.3. The fraction of sp³-hybridized carbons (Fsp3) is 0.235. The van der Waals surface area contributed by atoms with Crippen molar-refractivity contribution in [1.82, 2.24) is 4.90 Å². The van der Waals surface area contributed by atoms with Crippen molar-refractivity contribution >= 4 is 18.5 Å². The zero-order valence-corrected chi connectivity index (χ0v) is 12.9. The number of hydrogen-bond donors (Lipinski definition) is 2. The molecule has 1 aliphatic carbocycles. The molecule has 0 heterocycles. The van der Waals surface area contributed by atoms with Crippen LogP contribution < -0.4 is 5.73 Å². The smallest absolute Gasteiger partial charge is 0.407 e. The van der Waals surface area contributed by atoms with E-state index in [0.29, 0.717) is 19.6 Å². The summed E-state index contributed by atoms with van der Waals surface area (Å²) in [5, 5.41) is 9.33. The van der Waals surface area contributed by atoms with Crippen molar-refractivity contribution in [1.29, 1.82) is 0 Å². The molecule has 2 aromatic carbocycles. The standard InChI is InChI=1S/C17H18N2O2.ClH/c18-9-10-19(17(20)21)11-16-14-7-3-1-5-12(14)13-6-2-4-8-15(13)16;/h1-8,16H,9-11,18H2,(H,20,21);1H. The van der Waals surface area contributed by atoms with E-state index >= 15 is 0 Å². The highest BCUT2D eigenvalue weighted by molar-refractivity contribution is 5.85. The molecule has 0 atom stereocenters. The third-order valence-corrected chi connectivity index (χ3v) is 4.04. The maximum atomic E-state index is 11.4. The van der Waals surface area contributed by atoms with Crippen LogP contribution in [0, 0.1) is 0 Å². The first-order valence-corrected chi connectivity index (χ1v) is 7.08. The number of hydrogen-bond acceptors (Lipinski definition) is 2. The average molecular weight is 319 g/mol. The zero-order chi connectivity index (χ0) is 14.8. The van der Waals surface area contributed by atoms with Gasteiger partial charge in [-0.3, -0.25) is 0 Å². The third-order valence-electron chi connectivity index (χ3n) is 4.04. The van der Waals surface area contributed by atoms with E-state index in [1.165, 1.54) is 27.2 Å². The molecule has 0 radical (unpaired) electrons. The summed E-state index contributed by atoms with van der Waals surface area (Å²) < 4.78 is 0. The third kappa shape index (κ3) is 2.80. The molecule has 0 fully saturated rings. The highest BCUT2D eigenvalue weighted by Crippen LogP contribution is 2.44. The van der Waals surface area contributed by atoms with Crippen LogP contribution in [-0.4, -0.2) is 35.7 Å². The highest BCUT2D eigenvalue weighted by atomic mass is 35.5. The number of halogens is 1. The molecule has 1 amide bonds. The summed E-state index contributed by atoms with van der Waals surface area (Å²) in [6.07, 6.45) is -0.915. The predicted octanol–water partition coefficient (Wildman–Crippen LogP) is 3.16. The fourth-order valence-electron chi connectivity index (χ4n) is 3.10. The van der Waals surface area contributed by atoms with Gasteiger partial charge in [0.25, 0.3) is 0 Å². The first-order valence-electron chi connectivity index (χ1n) is 7.08. The van der Waals surface area contributed by atoms with Gasteiger partial charge < -0.3 is 15.7 Å². The summed E-state index contributed by atoms with van der Waals surface area (Å²) in [6, 6.07) is 16.4. The number of amides is 1. The predicted molar refractivity (Wildman–Crippen MR) is 89.6 cm³/mol. The van der Waals surface area contributed by atoms with Gasteiger partial charge in [0.05, 0.1) is 0 Å². The number of carbonyl (C=O) groups is 1. The Morgan fingerprint density at radius 2 is 1.55 bits per heavy atom. The van der Waals surface area contributed by atoms with Gasteiger partial charge in [-0.15, -0.1) is 12.4 Å². The van der Waals surface area contributed by atoms with Crippen molar-refractivity contribution < 1.29 is 9.90 Å². The lowest BCUT2D eigenvalue weighted by Gasteiger charge is -2.23. The molecule has 1 aliphatic rings. The van der Waals surface area contributed by atoms with Crippen molar-refractivity contribution in [3.05, 3.63) is 59.7 Å². The molecule has 3 N–H and O–H groups in total. The molecule has 116 valence electrons. The number of nitrogens with two attached hydrogens (primary N) is 1. The van der Waals surface area contributed by atoms with Gasteiger partial charge in [0.2, 0.25) is 0 Å². The van der Waals surface area contributed by atoms with Crippen molar-refractivity contribution in [3.63, 3.8) is 0 Å². The van der Waals surface area contributed by atoms with Crippen LogP contribution in [0.4, 0.5) is 4.79 Å². The Bertz CT molecular complexity index is 630. The van der Waals surface area contributed by atoms with Crippen LogP contribution in [0.25, 0.3) is 11.1 Å². The summed E-state index contributed by atoms with van der Waals surface area (Å²) in [5.74, 6) is 0.0834. The van der Waals surface area contributed by atoms with E-state index in [2.05, 4.69) is 24.3 Å². The van der Waals surface area contributed by atoms with E-state index in [4.69, 9.17) is 5.73 Å². The van der Waals surface area contributed by atoms with E-state index in [1.54, 1.807) is 0 Å². The molecule has 0 aromatic heterocycles. The van der Waals surface area contributed by atoms with Crippen LogP contribution in [0.1, 0.15) is 17.0 Å². The molecule has 3 rings (SSSR count). The SMILES string of the molecule is Cl.NCCN(CC1c2ccccc2-c2ccccc21)C(=O)O. The van der Waals surface area contributed by atoms with Crippen LogP contribution in [0.5, 0.6) is 0 Å². The Hall–Kier alpha value is -2.04. The first kappa shape index (κ1) is 16.3. The Morgan fingerprint density at radius 1 is 1.05 bits per heavy atom. The summed E-state index contributed by atoms with van der Waals surface area (Å²) in [4.78, 5) is 12.8. The van der Waals surface area contributed by atoms with E-state index in [-0.39, 0.29) is 18.3 Å². The normalized spacial score (nSPS) is 12.2. The van der Waals surface area contributed by atoms with Gasteiger partial charge in [-0.2, -0.15) is 0 Å². The highest BCUT2D eigenvalue weighted by Gasteiger charge is 2.30. The summed E-state index contributed by atoms with van der Waals surface area (Å²) in [6.45, 7) is 1.14. The van der Waals surface area contributed by atoms with Gasteiger partial charge in [-0.25, -0.2) is 4.79 Å². The molecule has 0 saturated heterocycles. The Kier molecular flexibility index (Phi) is 5.06. The van der Waals surface area contributed by atoms with Gasteiger partial charge in [-0.05, 0) is 22.3 Å². The molecular weight excluding hydrogens is 300 g/mol. The molecule has 0 aliphatic heterocycles. The van der Waals surface area contributed by atoms with Crippen LogP contribution in [0.2, 0.25) is 0 Å². The first-order chi connectivity index (χ1) is 10.2. The van der Waals surface area contributed by atoms with E-state index in [1.807, 2.05) is 24.3 Å². The molecular formula is C17H19ClN2O2. The number of rotatable bonds is 4. The number of benzene rings is 2. The molecule has 0 bridgehead atoms. The lowest BCUT2D eigenvalue weighted by Crippen LogP contribution is -2.37. The van der Waals surface area contributed by atoms with Gasteiger partial charge in [-0.1, -0.05) is 48.5 Å². The minimum atomic E-state index is -0.915. The molecule has 2 aromatic rings. The number of fused-ring (bicyclic) bond motifs is 3. The summed E-state index contributed by atoms with van der Waals surface area (Å²) in [7, 11) is 0. The molecule has 0 saturated carbocycles. The maximum Gasteiger partial charge on any atom is 0.407 e. The minimum absolute atomic E-state index is 0. The zero-order valence-electron chi connectivity index (χ0n) is 12.1.